The molecule has 11 heavy (non-hydrogen) atoms. The van der Waals surface area contributed by atoms with Crippen LogP contribution >= 0.6 is 11.6 Å². The average Bonchev–Trinajstić information content (AvgIpc) is 1.86. The Balaban J connectivity index is 3.89. The first-order valence-corrected chi connectivity index (χ1v) is 5.00. The van der Waals surface area contributed by atoms with Crippen LogP contribution in [-0.4, -0.2) is 34.4 Å². The fraction of sp³-hybridized carbons (Fsp3) is 1.00. The molecule has 1 N–H and O–H groups in total. The Bertz CT molecular complexity index is 166. The normalized spacial score (nSPS) is 16.7. The Kier molecular flexibility index (Phi) is 6.24. The van der Waals surface area contributed by atoms with Gasteiger partial charge in [-0.2, -0.15) is 9.25 Å². The van der Waals surface area contributed by atoms with Crippen LogP contribution in [0.5, 0.6) is 0 Å². The molecular formula is C2H5ClN2O4S2-2. The van der Waals surface area contributed by atoms with Crippen molar-refractivity contribution in [1.82, 2.24) is 9.25 Å². The molecule has 0 amide bonds. The SMILES string of the molecule is O=S([O-])NN(CCCl)S(=O)[O-]. The second-order valence-corrected chi connectivity index (χ2v) is 3.24. The molecule has 0 aromatic heterocycles. The predicted octanol–water partition coefficient (Wildman–Crippen LogP) is -1.38. The molecule has 68 valence electrons. The molecule has 2 unspecified atom stereocenters. The molecular weight excluding hydrogens is 216 g/mol. The number of rotatable bonds is 5. The van der Waals surface area contributed by atoms with Crippen molar-refractivity contribution in [1.29, 1.82) is 0 Å². The van der Waals surface area contributed by atoms with Gasteiger partial charge < -0.3 is 9.11 Å². The lowest BCUT2D eigenvalue weighted by atomic mass is 10.8. The van der Waals surface area contributed by atoms with E-state index < -0.39 is 22.5 Å². The quantitative estimate of drug-likeness (QED) is 0.351. The smallest absolute Gasteiger partial charge is 0.0403 e. The number of hydrogen-bond acceptors (Lipinski definition) is 4. The van der Waals surface area contributed by atoms with E-state index in [1.54, 1.807) is 4.83 Å². The van der Waals surface area contributed by atoms with E-state index >= 15 is 0 Å². The molecule has 0 aliphatic carbocycles. The number of alkyl halides is 1. The van der Waals surface area contributed by atoms with Crippen LogP contribution in [0.3, 0.4) is 0 Å². The minimum Gasteiger partial charge on any atom is -0.759 e. The molecule has 0 spiro atoms. The van der Waals surface area contributed by atoms with E-state index in [9.17, 15) is 17.5 Å². The lowest BCUT2D eigenvalue weighted by Crippen LogP contribution is -2.41. The lowest BCUT2D eigenvalue weighted by Gasteiger charge is -2.24. The average molecular weight is 221 g/mol. The van der Waals surface area contributed by atoms with E-state index in [2.05, 4.69) is 0 Å². The van der Waals surface area contributed by atoms with Crippen LogP contribution in [0.2, 0.25) is 0 Å². The Morgan fingerprint density at radius 2 is 2.00 bits per heavy atom. The summed E-state index contributed by atoms with van der Waals surface area (Å²) in [5.41, 5.74) is 0. The molecule has 0 saturated heterocycles. The molecule has 0 radical (unpaired) electrons. The van der Waals surface area contributed by atoms with Gasteiger partial charge in [0.05, 0.1) is 0 Å². The van der Waals surface area contributed by atoms with Gasteiger partial charge in [-0.15, -0.1) is 11.6 Å². The second-order valence-electron chi connectivity index (χ2n) is 1.33. The van der Waals surface area contributed by atoms with E-state index in [4.69, 9.17) is 11.6 Å². The van der Waals surface area contributed by atoms with E-state index in [-0.39, 0.29) is 12.4 Å². The molecule has 0 aliphatic rings. The van der Waals surface area contributed by atoms with Gasteiger partial charge in [0.25, 0.3) is 0 Å². The molecule has 0 saturated carbocycles. The maximum absolute atomic E-state index is 10.2. The van der Waals surface area contributed by atoms with E-state index in [0.29, 0.717) is 4.41 Å². The van der Waals surface area contributed by atoms with Crippen molar-refractivity contribution in [2.75, 3.05) is 12.4 Å². The highest BCUT2D eigenvalue weighted by Gasteiger charge is 2.01. The maximum atomic E-state index is 10.2. The second kappa shape index (κ2) is 6.00. The van der Waals surface area contributed by atoms with Crippen LogP contribution in [0.4, 0.5) is 0 Å². The molecule has 0 aromatic rings. The third kappa shape index (κ3) is 5.67. The highest BCUT2D eigenvalue weighted by molar-refractivity contribution is 7.79. The van der Waals surface area contributed by atoms with E-state index in [1.807, 2.05) is 0 Å². The Labute approximate surface area is 73.7 Å². The van der Waals surface area contributed by atoms with Crippen molar-refractivity contribution in [2.24, 2.45) is 0 Å². The largest absolute Gasteiger partial charge is 0.759 e. The van der Waals surface area contributed by atoms with Gasteiger partial charge >= 0.3 is 0 Å². The predicted molar refractivity (Wildman–Crippen MR) is 38.4 cm³/mol. The first kappa shape index (κ1) is 11.4. The summed E-state index contributed by atoms with van der Waals surface area (Å²) in [6, 6.07) is 0. The fourth-order valence-corrected chi connectivity index (χ4v) is 1.50. The summed E-state index contributed by atoms with van der Waals surface area (Å²) in [4.78, 5) is 1.63. The number of hydrazine groups is 1. The molecule has 0 aliphatic heterocycles. The van der Waals surface area contributed by atoms with Crippen LogP contribution in [0.25, 0.3) is 0 Å². The van der Waals surface area contributed by atoms with Crippen LogP contribution in [0.15, 0.2) is 0 Å². The third-order valence-electron chi connectivity index (χ3n) is 0.644. The molecule has 2 atom stereocenters. The van der Waals surface area contributed by atoms with Gasteiger partial charge in [-0.25, -0.2) is 0 Å². The topological polar surface area (TPSA) is 95.5 Å². The Morgan fingerprint density at radius 1 is 1.45 bits per heavy atom. The van der Waals surface area contributed by atoms with Crippen LogP contribution in [0, 0.1) is 0 Å². The van der Waals surface area contributed by atoms with Crippen molar-refractivity contribution < 1.29 is 17.5 Å². The van der Waals surface area contributed by atoms with Crippen molar-refractivity contribution in [3.63, 3.8) is 0 Å². The summed E-state index contributed by atoms with van der Waals surface area (Å²) >= 11 is -0.105. The van der Waals surface area contributed by atoms with Crippen LogP contribution < -0.4 is 4.83 Å². The first-order chi connectivity index (χ1) is 5.07. The molecule has 0 aromatic carbocycles. The van der Waals surface area contributed by atoms with Crippen LogP contribution in [0.1, 0.15) is 0 Å². The zero-order valence-electron chi connectivity index (χ0n) is 5.19. The van der Waals surface area contributed by atoms with Crippen molar-refractivity contribution >= 4 is 34.1 Å². The molecule has 0 rings (SSSR count). The summed E-state index contributed by atoms with van der Waals surface area (Å²) in [6.45, 7) is -0.106. The minimum absolute atomic E-state index is 0.0121. The molecule has 9 heteroatoms. The van der Waals surface area contributed by atoms with Crippen LogP contribution in [-0.2, 0) is 22.5 Å². The van der Waals surface area contributed by atoms with Gasteiger partial charge in [-0.1, -0.05) is 0 Å². The maximum Gasteiger partial charge on any atom is 0.0403 e. The monoisotopic (exact) mass is 220 g/mol. The van der Waals surface area contributed by atoms with Gasteiger partial charge in [0, 0.05) is 35.0 Å². The Hall–Kier alpha value is 0.430. The van der Waals surface area contributed by atoms with Gasteiger partial charge in [-0.05, 0) is 0 Å². The van der Waals surface area contributed by atoms with Gasteiger partial charge in [-0.3, -0.25) is 8.42 Å². The van der Waals surface area contributed by atoms with Crippen molar-refractivity contribution in [2.45, 2.75) is 0 Å². The number of halogens is 1. The van der Waals surface area contributed by atoms with E-state index in [0.717, 1.165) is 0 Å². The van der Waals surface area contributed by atoms with Gasteiger partial charge in [0.2, 0.25) is 0 Å². The standard InChI is InChI=1S/C2H7ClN2O4S2/c3-1-2-5(11(8)9)4-10(6)7/h4H,1-2H2,(H,6,7)(H,8,9)/p-2. The minimum atomic E-state index is -2.64. The lowest BCUT2D eigenvalue weighted by molar-refractivity contribution is 0.365. The van der Waals surface area contributed by atoms with Crippen molar-refractivity contribution in [3.05, 3.63) is 0 Å². The highest BCUT2D eigenvalue weighted by Crippen LogP contribution is 1.88. The summed E-state index contributed by atoms with van der Waals surface area (Å²) < 4.78 is 40.6. The summed E-state index contributed by atoms with van der Waals surface area (Å²) in [6.07, 6.45) is 0. The fourth-order valence-electron chi connectivity index (χ4n) is 0.311. The molecule has 0 bridgehead atoms. The molecule has 0 fully saturated rings. The summed E-state index contributed by atoms with van der Waals surface area (Å²) in [5.74, 6) is 0.0121. The summed E-state index contributed by atoms with van der Waals surface area (Å²) in [7, 11) is 0. The van der Waals surface area contributed by atoms with Gasteiger partial charge in [0.15, 0.2) is 0 Å². The summed E-state index contributed by atoms with van der Waals surface area (Å²) in [5, 5.41) is 0. The zero-order chi connectivity index (χ0) is 8.85. The zero-order valence-corrected chi connectivity index (χ0v) is 7.58. The van der Waals surface area contributed by atoms with Crippen molar-refractivity contribution in [3.8, 4) is 0 Å². The molecule has 0 heterocycles. The number of nitrogens with one attached hydrogen (secondary N) is 1. The number of nitrogens with zero attached hydrogens (tertiary/aromatic N) is 1. The first-order valence-electron chi connectivity index (χ1n) is 2.36. The van der Waals surface area contributed by atoms with E-state index in [1.165, 1.54) is 0 Å². The number of hydrogen-bond donors (Lipinski definition) is 1. The third-order valence-corrected chi connectivity index (χ3v) is 1.93. The highest BCUT2D eigenvalue weighted by atomic mass is 35.5. The Morgan fingerprint density at radius 3 is 2.27 bits per heavy atom. The van der Waals surface area contributed by atoms with Gasteiger partial charge in [0.1, 0.15) is 0 Å². The molecule has 6 nitrogen and oxygen atoms in total.